The van der Waals surface area contributed by atoms with E-state index in [1.807, 2.05) is 0 Å². The summed E-state index contributed by atoms with van der Waals surface area (Å²) in [5.41, 5.74) is -8.84. The highest BCUT2D eigenvalue weighted by Crippen LogP contribution is 2.40. The summed E-state index contributed by atoms with van der Waals surface area (Å²) in [7, 11) is 0. The van der Waals surface area contributed by atoms with E-state index in [9.17, 15) is 42.1 Å². The van der Waals surface area contributed by atoms with Gasteiger partial charge in [0.2, 0.25) is 0 Å². The molecule has 0 aliphatic heterocycles. The number of halogens is 6. The van der Waals surface area contributed by atoms with Gasteiger partial charge in [-0.3, -0.25) is 0 Å². The van der Waals surface area contributed by atoms with Gasteiger partial charge in [0.15, 0.2) is 0 Å². The average Bonchev–Trinajstić information content (AvgIpc) is 2.78. The molecule has 0 radical (unpaired) electrons. The second kappa shape index (κ2) is 9.05. The van der Waals surface area contributed by atoms with Crippen LogP contribution in [0.1, 0.15) is 33.4 Å². The van der Waals surface area contributed by atoms with Gasteiger partial charge in [0.25, 0.3) is 0 Å². The van der Waals surface area contributed by atoms with Crippen molar-refractivity contribution in [3.63, 3.8) is 0 Å². The number of nitrogens with zero attached hydrogens (tertiary/aromatic N) is 6. The van der Waals surface area contributed by atoms with Crippen molar-refractivity contribution in [3.05, 3.63) is 68.1 Å². The largest absolute Gasteiger partial charge is 0.417 e. The Hall–Kier alpha value is -5.30. The molecule has 0 saturated carbocycles. The van der Waals surface area contributed by atoms with Gasteiger partial charge in [-0.05, 0) is 35.0 Å². The third-order valence-corrected chi connectivity index (χ3v) is 4.40. The number of hydrogen-bond acceptors (Lipinski definition) is 6. The molecule has 2 aromatic rings. The standard InChI is InChI=1S/C22H4F6N6/c23-21(24,25)18-3-12(4-19(17(18)10-34)22(26,27)28)16(9-33)11-1-13(5-29)20(14(2-11)6-30)15(7-31)8-32/h1-4H. The van der Waals surface area contributed by atoms with Gasteiger partial charge in [-0.1, -0.05) is 0 Å². The molecule has 12 heteroatoms. The van der Waals surface area contributed by atoms with Crippen LogP contribution in [-0.4, -0.2) is 0 Å². The minimum atomic E-state index is -5.38. The van der Waals surface area contributed by atoms with Crippen molar-refractivity contribution in [3.8, 4) is 36.4 Å². The van der Waals surface area contributed by atoms with E-state index in [4.69, 9.17) is 15.8 Å². The number of benzene rings is 2. The SMILES string of the molecule is N#CC(c1cc(C(F)(F)F)c(C#N)c(C(F)(F)F)c1)=c1cc(C#N)c(=C(C#N)C#N)c(C#N)c1. The lowest BCUT2D eigenvalue weighted by Gasteiger charge is -2.16. The maximum Gasteiger partial charge on any atom is 0.417 e. The summed E-state index contributed by atoms with van der Waals surface area (Å²) in [6.07, 6.45) is -10.8. The van der Waals surface area contributed by atoms with Gasteiger partial charge >= 0.3 is 12.4 Å². The lowest BCUT2D eigenvalue weighted by Crippen LogP contribution is -2.22. The fourth-order valence-corrected chi connectivity index (χ4v) is 3.02. The average molecular weight is 466 g/mol. The Labute approximate surface area is 186 Å². The zero-order valence-electron chi connectivity index (χ0n) is 16.3. The zero-order valence-corrected chi connectivity index (χ0v) is 16.3. The molecule has 6 nitrogen and oxygen atoms in total. The molecule has 0 aromatic heterocycles. The summed E-state index contributed by atoms with van der Waals surface area (Å²) in [5.74, 6) is 0. The molecule has 2 rings (SSSR count). The Balaban J connectivity index is 3.22. The Morgan fingerprint density at radius 1 is 0.618 bits per heavy atom. The lowest BCUT2D eigenvalue weighted by atomic mass is 9.92. The first-order chi connectivity index (χ1) is 15.9. The van der Waals surface area contributed by atoms with Crippen molar-refractivity contribution in [2.75, 3.05) is 0 Å². The van der Waals surface area contributed by atoms with Gasteiger partial charge in [-0.25, -0.2) is 0 Å². The summed E-state index contributed by atoms with van der Waals surface area (Å²) in [4.78, 5) is 0. The Bertz CT molecular complexity index is 1500. The van der Waals surface area contributed by atoms with Crippen molar-refractivity contribution >= 4 is 11.1 Å². The molecule has 0 aliphatic rings. The summed E-state index contributed by atoms with van der Waals surface area (Å²) in [6.45, 7) is 0. The van der Waals surface area contributed by atoms with Crippen LogP contribution in [0.4, 0.5) is 26.3 Å². The minimum Gasteiger partial charge on any atom is -0.192 e. The molecule has 34 heavy (non-hydrogen) atoms. The Morgan fingerprint density at radius 2 is 1.06 bits per heavy atom. The second-order valence-electron chi connectivity index (χ2n) is 6.31. The molecule has 2 aromatic carbocycles. The maximum absolute atomic E-state index is 13.4. The molecular formula is C22H4F6N6. The first kappa shape index (κ1) is 25.0. The van der Waals surface area contributed by atoms with Crippen molar-refractivity contribution in [1.29, 1.82) is 31.6 Å². The van der Waals surface area contributed by atoms with Crippen LogP contribution < -0.4 is 10.4 Å². The quantitative estimate of drug-likeness (QED) is 0.591. The molecular weight excluding hydrogens is 462 g/mol. The van der Waals surface area contributed by atoms with Gasteiger partial charge in [0.1, 0.15) is 29.8 Å². The Morgan fingerprint density at radius 3 is 1.35 bits per heavy atom. The molecule has 164 valence electrons. The van der Waals surface area contributed by atoms with E-state index in [1.54, 1.807) is 12.1 Å². The molecule has 0 amide bonds. The molecule has 0 heterocycles. The first-order valence-electron chi connectivity index (χ1n) is 8.53. The molecule has 0 unspecified atom stereocenters. The fraction of sp³-hybridized carbons (Fsp3) is 0.0909. The van der Waals surface area contributed by atoms with Crippen LogP contribution in [0.2, 0.25) is 0 Å². The highest BCUT2D eigenvalue weighted by Gasteiger charge is 2.42. The zero-order chi connectivity index (χ0) is 25.8. The number of rotatable bonds is 1. The summed E-state index contributed by atoms with van der Waals surface area (Å²) in [6, 6.07) is 10.5. The normalized spacial score (nSPS) is 10.5. The van der Waals surface area contributed by atoms with E-state index < -0.39 is 67.3 Å². The van der Waals surface area contributed by atoms with E-state index in [1.165, 1.54) is 18.2 Å². The summed E-state index contributed by atoms with van der Waals surface area (Å²) >= 11 is 0. The molecule has 0 N–H and O–H groups in total. The van der Waals surface area contributed by atoms with Crippen molar-refractivity contribution in [2.45, 2.75) is 12.4 Å². The maximum atomic E-state index is 13.4. The second-order valence-corrected chi connectivity index (χ2v) is 6.31. The van der Waals surface area contributed by atoms with Gasteiger partial charge in [-0.15, -0.1) is 0 Å². The highest BCUT2D eigenvalue weighted by atomic mass is 19.4. The van der Waals surface area contributed by atoms with Gasteiger partial charge in [0.05, 0.1) is 45.5 Å². The number of alkyl halides is 6. The Kier molecular flexibility index (Phi) is 6.65. The van der Waals surface area contributed by atoms with Gasteiger partial charge < -0.3 is 0 Å². The summed E-state index contributed by atoms with van der Waals surface area (Å²) in [5, 5.41) is 54.6. The predicted octanol–water partition coefficient (Wildman–Crippen LogP) is 3.26. The monoisotopic (exact) mass is 466 g/mol. The topological polar surface area (TPSA) is 143 Å². The molecule has 0 aliphatic carbocycles. The fourth-order valence-electron chi connectivity index (χ4n) is 3.02. The molecule has 0 saturated heterocycles. The molecule has 0 atom stereocenters. The van der Waals surface area contributed by atoms with E-state index in [0.717, 1.165) is 18.2 Å². The highest BCUT2D eigenvalue weighted by molar-refractivity contribution is 5.80. The van der Waals surface area contributed by atoms with Crippen LogP contribution >= 0.6 is 0 Å². The molecule has 0 spiro atoms. The van der Waals surface area contributed by atoms with Gasteiger partial charge in [-0.2, -0.15) is 57.9 Å². The van der Waals surface area contributed by atoms with Crippen LogP contribution in [0.3, 0.4) is 0 Å². The van der Waals surface area contributed by atoms with Crippen LogP contribution in [0.5, 0.6) is 0 Å². The van der Waals surface area contributed by atoms with Crippen LogP contribution in [-0.2, 0) is 12.4 Å². The van der Waals surface area contributed by atoms with E-state index in [-0.39, 0.29) is 12.1 Å². The van der Waals surface area contributed by atoms with Crippen molar-refractivity contribution in [2.24, 2.45) is 0 Å². The smallest absolute Gasteiger partial charge is 0.192 e. The first-order valence-corrected chi connectivity index (χ1v) is 8.53. The molecule has 0 bridgehead atoms. The van der Waals surface area contributed by atoms with E-state index >= 15 is 0 Å². The minimum absolute atomic E-state index is 0.181. The summed E-state index contributed by atoms with van der Waals surface area (Å²) < 4.78 is 80.7. The number of hydrogen-bond donors (Lipinski definition) is 0. The number of nitriles is 6. The lowest BCUT2D eigenvalue weighted by molar-refractivity contribution is -0.143. The van der Waals surface area contributed by atoms with Crippen LogP contribution in [0.25, 0.3) is 11.1 Å². The van der Waals surface area contributed by atoms with E-state index in [2.05, 4.69) is 0 Å². The third-order valence-electron chi connectivity index (χ3n) is 4.40. The van der Waals surface area contributed by atoms with Crippen LogP contribution in [0.15, 0.2) is 24.3 Å². The van der Waals surface area contributed by atoms with Crippen LogP contribution in [0, 0.1) is 68.0 Å². The third kappa shape index (κ3) is 4.49. The van der Waals surface area contributed by atoms with Gasteiger partial charge in [0, 0.05) is 5.22 Å². The van der Waals surface area contributed by atoms with Crippen molar-refractivity contribution < 1.29 is 26.3 Å². The van der Waals surface area contributed by atoms with Crippen molar-refractivity contribution in [1.82, 2.24) is 0 Å². The van der Waals surface area contributed by atoms with E-state index in [0.29, 0.717) is 0 Å². The predicted molar refractivity (Wildman–Crippen MR) is 99.0 cm³/mol. The molecule has 0 fully saturated rings.